The molecule has 1 heterocycles. The van der Waals surface area contributed by atoms with Crippen LogP contribution in [0, 0.1) is 11.3 Å². The van der Waals surface area contributed by atoms with E-state index in [0.29, 0.717) is 6.04 Å². The minimum absolute atomic E-state index is 0.0935. The molecule has 0 spiro atoms. The van der Waals surface area contributed by atoms with E-state index in [2.05, 4.69) is 50.2 Å². The second-order valence-corrected chi connectivity index (χ2v) is 4.85. The second kappa shape index (κ2) is 7.17. The fraction of sp³-hybridized carbons (Fsp3) is 0.714. The molecule has 1 atom stereocenters. The van der Waals surface area contributed by atoms with Crippen LogP contribution in [0.15, 0.2) is 6.07 Å². The third-order valence-electron chi connectivity index (χ3n) is 2.96. The Labute approximate surface area is 110 Å². The molecule has 0 aromatic carbocycles. The fourth-order valence-corrected chi connectivity index (χ4v) is 2.00. The minimum Gasteiger partial charge on any atom is -0.300 e. The van der Waals surface area contributed by atoms with Gasteiger partial charge in [0, 0.05) is 18.3 Å². The fourth-order valence-electron chi connectivity index (χ4n) is 2.00. The molecule has 4 heteroatoms. The molecule has 0 fully saturated rings. The molecule has 0 aliphatic rings. The first-order valence-corrected chi connectivity index (χ1v) is 6.81. The van der Waals surface area contributed by atoms with Crippen molar-refractivity contribution in [2.45, 2.75) is 65.6 Å². The molecule has 1 rings (SSSR count). The number of rotatable bonds is 7. The predicted molar refractivity (Wildman–Crippen MR) is 73.3 cm³/mol. The van der Waals surface area contributed by atoms with Gasteiger partial charge in [-0.25, -0.2) is 0 Å². The molecule has 0 radical (unpaired) electrons. The average Bonchev–Trinajstić information content (AvgIpc) is 2.76. The molecule has 100 valence electrons. The zero-order valence-electron chi connectivity index (χ0n) is 11.9. The predicted octanol–water partition coefficient (Wildman–Crippen LogP) is 2.29. The first-order chi connectivity index (χ1) is 8.60. The Balaban J connectivity index is 2.61. The van der Waals surface area contributed by atoms with Gasteiger partial charge in [0.2, 0.25) is 0 Å². The van der Waals surface area contributed by atoms with Crippen LogP contribution in [0.1, 0.15) is 45.5 Å². The molecule has 0 amide bonds. The summed E-state index contributed by atoms with van der Waals surface area (Å²) in [6.07, 6.45) is 2.75. The maximum Gasteiger partial charge on any atom is 0.0972 e. The van der Waals surface area contributed by atoms with E-state index in [1.165, 1.54) is 5.69 Å². The van der Waals surface area contributed by atoms with Crippen LogP contribution in [0.5, 0.6) is 0 Å². The van der Waals surface area contributed by atoms with Crippen molar-refractivity contribution in [2.75, 3.05) is 0 Å². The molecule has 1 aromatic rings. The van der Waals surface area contributed by atoms with Gasteiger partial charge in [-0.05, 0) is 39.2 Å². The van der Waals surface area contributed by atoms with E-state index in [-0.39, 0.29) is 6.04 Å². The summed E-state index contributed by atoms with van der Waals surface area (Å²) in [5.41, 5.74) is 2.39. The van der Waals surface area contributed by atoms with Gasteiger partial charge in [0.15, 0.2) is 0 Å². The number of nitriles is 1. The van der Waals surface area contributed by atoms with E-state index in [1.54, 1.807) is 0 Å². The highest BCUT2D eigenvalue weighted by Crippen LogP contribution is 2.08. The Morgan fingerprint density at radius 1 is 1.39 bits per heavy atom. The molecular weight excluding hydrogens is 224 g/mol. The molecule has 1 unspecified atom stereocenters. The van der Waals surface area contributed by atoms with Crippen molar-refractivity contribution >= 4 is 0 Å². The van der Waals surface area contributed by atoms with Crippen LogP contribution in [0.2, 0.25) is 0 Å². The molecule has 0 saturated carbocycles. The van der Waals surface area contributed by atoms with E-state index in [4.69, 9.17) is 5.26 Å². The largest absolute Gasteiger partial charge is 0.300 e. The van der Waals surface area contributed by atoms with Crippen molar-refractivity contribution in [1.29, 1.82) is 5.26 Å². The third-order valence-corrected chi connectivity index (χ3v) is 2.96. The van der Waals surface area contributed by atoms with Gasteiger partial charge in [-0.1, -0.05) is 13.8 Å². The first-order valence-electron chi connectivity index (χ1n) is 6.81. The molecular formula is C14H24N4. The Morgan fingerprint density at radius 2 is 2.11 bits per heavy atom. The molecule has 1 N–H and O–H groups in total. The summed E-state index contributed by atoms with van der Waals surface area (Å²) in [6.45, 7) is 9.18. The highest BCUT2D eigenvalue weighted by molar-refractivity contribution is 5.10. The van der Waals surface area contributed by atoms with E-state index < -0.39 is 0 Å². The SMILES string of the molecule is CCc1cc(CC)n(CCC(C#N)NC(C)C)n1. The lowest BCUT2D eigenvalue weighted by Crippen LogP contribution is -2.34. The second-order valence-electron chi connectivity index (χ2n) is 4.85. The van der Waals surface area contributed by atoms with Crippen LogP contribution in [0.25, 0.3) is 0 Å². The van der Waals surface area contributed by atoms with Crippen molar-refractivity contribution in [1.82, 2.24) is 15.1 Å². The van der Waals surface area contributed by atoms with Gasteiger partial charge in [-0.3, -0.25) is 10.00 Å². The molecule has 1 aromatic heterocycles. The monoisotopic (exact) mass is 248 g/mol. The van der Waals surface area contributed by atoms with Crippen LogP contribution < -0.4 is 5.32 Å². The van der Waals surface area contributed by atoms with E-state index >= 15 is 0 Å². The number of nitrogens with zero attached hydrogens (tertiary/aromatic N) is 3. The summed E-state index contributed by atoms with van der Waals surface area (Å²) in [5, 5.41) is 16.9. The van der Waals surface area contributed by atoms with Crippen molar-refractivity contribution in [3.8, 4) is 6.07 Å². The normalized spacial score (nSPS) is 12.7. The highest BCUT2D eigenvalue weighted by Gasteiger charge is 2.11. The lowest BCUT2D eigenvalue weighted by atomic mass is 10.2. The highest BCUT2D eigenvalue weighted by atomic mass is 15.3. The van der Waals surface area contributed by atoms with Crippen LogP contribution >= 0.6 is 0 Å². The Morgan fingerprint density at radius 3 is 2.61 bits per heavy atom. The zero-order chi connectivity index (χ0) is 13.5. The summed E-state index contributed by atoms with van der Waals surface area (Å²) < 4.78 is 2.05. The van der Waals surface area contributed by atoms with Gasteiger partial charge in [0.1, 0.15) is 0 Å². The van der Waals surface area contributed by atoms with Gasteiger partial charge in [-0.15, -0.1) is 0 Å². The van der Waals surface area contributed by atoms with E-state index in [1.807, 2.05) is 4.68 Å². The topological polar surface area (TPSA) is 53.6 Å². The van der Waals surface area contributed by atoms with Crippen molar-refractivity contribution in [3.05, 3.63) is 17.5 Å². The first kappa shape index (κ1) is 14.7. The van der Waals surface area contributed by atoms with E-state index in [0.717, 1.165) is 31.5 Å². The van der Waals surface area contributed by atoms with Crippen molar-refractivity contribution < 1.29 is 0 Å². The van der Waals surface area contributed by atoms with Crippen LogP contribution in [-0.2, 0) is 19.4 Å². The summed E-state index contributed by atoms with van der Waals surface area (Å²) in [4.78, 5) is 0. The quantitative estimate of drug-likeness (QED) is 0.805. The number of hydrogen-bond acceptors (Lipinski definition) is 3. The standard InChI is InChI=1S/C14H24N4/c1-5-12-9-14(6-2)18(17-12)8-7-13(10-15)16-11(3)4/h9,11,13,16H,5-8H2,1-4H3. The van der Waals surface area contributed by atoms with Gasteiger partial charge < -0.3 is 0 Å². The maximum absolute atomic E-state index is 9.09. The lowest BCUT2D eigenvalue weighted by molar-refractivity contribution is 0.454. The van der Waals surface area contributed by atoms with Crippen molar-refractivity contribution in [2.24, 2.45) is 0 Å². The molecule has 0 aliphatic heterocycles. The molecule has 0 aliphatic carbocycles. The van der Waals surface area contributed by atoms with Crippen LogP contribution in [-0.4, -0.2) is 21.9 Å². The summed E-state index contributed by atoms with van der Waals surface area (Å²) >= 11 is 0. The summed E-state index contributed by atoms with van der Waals surface area (Å²) in [5.74, 6) is 0. The zero-order valence-corrected chi connectivity index (χ0v) is 11.9. The number of nitrogens with one attached hydrogen (secondary N) is 1. The van der Waals surface area contributed by atoms with Gasteiger partial charge in [0.25, 0.3) is 0 Å². The summed E-state index contributed by atoms with van der Waals surface area (Å²) in [7, 11) is 0. The average molecular weight is 248 g/mol. The number of aryl methyl sites for hydroxylation is 3. The minimum atomic E-state index is -0.0935. The van der Waals surface area contributed by atoms with Gasteiger partial charge in [0.05, 0.1) is 17.8 Å². The number of aromatic nitrogens is 2. The molecule has 18 heavy (non-hydrogen) atoms. The maximum atomic E-state index is 9.09. The Hall–Kier alpha value is -1.34. The van der Waals surface area contributed by atoms with Crippen molar-refractivity contribution in [3.63, 3.8) is 0 Å². The molecule has 4 nitrogen and oxygen atoms in total. The third kappa shape index (κ3) is 4.15. The van der Waals surface area contributed by atoms with Crippen LogP contribution in [0.3, 0.4) is 0 Å². The summed E-state index contributed by atoms with van der Waals surface area (Å²) in [6, 6.07) is 4.72. The van der Waals surface area contributed by atoms with Crippen LogP contribution in [0.4, 0.5) is 0 Å². The Bertz CT molecular complexity index is 400. The molecule has 0 saturated heterocycles. The van der Waals surface area contributed by atoms with Gasteiger partial charge >= 0.3 is 0 Å². The molecule has 0 bridgehead atoms. The van der Waals surface area contributed by atoms with E-state index in [9.17, 15) is 0 Å². The van der Waals surface area contributed by atoms with Gasteiger partial charge in [-0.2, -0.15) is 10.4 Å². The lowest BCUT2D eigenvalue weighted by Gasteiger charge is -2.15. The number of hydrogen-bond donors (Lipinski definition) is 1. The Kier molecular flexibility index (Phi) is 5.87. The smallest absolute Gasteiger partial charge is 0.0972 e.